The molecule has 0 aliphatic rings. The summed E-state index contributed by atoms with van der Waals surface area (Å²) in [6, 6.07) is 6.11. The van der Waals surface area contributed by atoms with E-state index in [0.717, 1.165) is 17.9 Å². The van der Waals surface area contributed by atoms with Crippen LogP contribution in [0.3, 0.4) is 0 Å². The Balaban J connectivity index is 2.89. The summed E-state index contributed by atoms with van der Waals surface area (Å²) in [5.74, 6) is 1.61. The van der Waals surface area contributed by atoms with Crippen molar-refractivity contribution in [3.8, 4) is 11.5 Å². The van der Waals surface area contributed by atoms with Crippen LogP contribution in [-0.4, -0.2) is 26.3 Å². The number of rotatable bonds is 6. The van der Waals surface area contributed by atoms with Gasteiger partial charge in [0.25, 0.3) is 0 Å². The molecule has 1 aromatic rings. The fourth-order valence-corrected chi connectivity index (χ4v) is 1.70. The third kappa shape index (κ3) is 3.93. The molecule has 0 aromatic heterocycles. The second-order valence-electron chi connectivity index (χ2n) is 4.73. The number of ether oxygens (including phenoxy) is 2. The van der Waals surface area contributed by atoms with Crippen LogP contribution >= 0.6 is 0 Å². The molecule has 3 nitrogen and oxygen atoms in total. The molecule has 17 heavy (non-hydrogen) atoms. The maximum atomic E-state index is 5.50. The van der Waals surface area contributed by atoms with Gasteiger partial charge in [0, 0.05) is 5.54 Å². The summed E-state index contributed by atoms with van der Waals surface area (Å²) >= 11 is 0. The fraction of sp³-hybridized carbons (Fsp3) is 0.571. The largest absolute Gasteiger partial charge is 0.493 e. The normalized spacial score (nSPS) is 11.4. The Morgan fingerprint density at radius 3 is 2.47 bits per heavy atom. The Kier molecular flexibility index (Phi) is 4.82. The average Bonchev–Trinajstić information content (AvgIpc) is 2.31. The van der Waals surface area contributed by atoms with Gasteiger partial charge in [0.15, 0.2) is 11.5 Å². The number of likely N-dealkylation sites (N-methyl/N-ethyl adjacent to an activating group) is 1. The van der Waals surface area contributed by atoms with Gasteiger partial charge in [0.05, 0.1) is 13.7 Å². The van der Waals surface area contributed by atoms with Crippen LogP contribution in [0.5, 0.6) is 11.5 Å². The first kappa shape index (κ1) is 13.8. The van der Waals surface area contributed by atoms with Gasteiger partial charge in [-0.2, -0.15) is 0 Å². The van der Waals surface area contributed by atoms with Crippen LogP contribution in [0.2, 0.25) is 0 Å². The van der Waals surface area contributed by atoms with Crippen molar-refractivity contribution in [2.24, 2.45) is 0 Å². The van der Waals surface area contributed by atoms with E-state index in [9.17, 15) is 0 Å². The summed E-state index contributed by atoms with van der Waals surface area (Å²) in [6.07, 6.45) is 0.951. The van der Waals surface area contributed by atoms with E-state index in [-0.39, 0.29) is 5.54 Å². The first-order valence-electron chi connectivity index (χ1n) is 6.01. The van der Waals surface area contributed by atoms with E-state index in [4.69, 9.17) is 9.47 Å². The van der Waals surface area contributed by atoms with Crippen molar-refractivity contribution in [1.29, 1.82) is 0 Å². The lowest BCUT2D eigenvalue weighted by Gasteiger charge is -2.24. The maximum Gasteiger partial charge on any atom is 0.161 e. The fourth-order valence-electron chi connectivity index (χ4n) is 1.70. The average molecular weight is 237 g/mol. The Morgan fingerprint density at radius 1 is 1.24 bits per heavy atom. The molecule has 1 aromatic carbocycles. The van der Waals surface area contributed by atoms with Gasteiger partial charge in [-0.25, -0.2) is 0 Å². The van der Waals surface area contributed by atoms with Crippen LogP contribution in [0.1, 0.15) is 26.3 Å². The summed E-state index contributed by atoms with van der Waals surface area (Å²) in [5, 5.41) is 3.29. The molecule has 0 spiro atoms. The Morgan fingerprint density at radius 2 is 1.94 bits per heavy atom. The Labute approximate surface area is 104 Å². The van der Waals surface area contributed by atoms with Gasteiger partial charge in [0.1, 0.15) is 0 Å². The highest BCUT2D eigenvalue weighted by molar-refractivity contribution is 5.43. The van der Waals surface area contributed by atoms with Crippen molar-refractivity contribution in [2.75, 3.05) is 20.8 Å². The van der Waals surface area contributed by atoms with Crippen LogP contribution in [-0.2, 0) is 6.42 Å². The second kappa shape index (κ2) is 5.92. The van der Waals surface area contributed by atoms with Crippen molar-refractivity contribution in [3.05, 3.63) is 23.8 Å². The summed E-state index contributed by atoms with van der Waals surface area (Å²) in [7, 11) is 3.65. The molecule has 0 bridgehead atoms. The molecule has 0 saturated heterocycles. The molecular weight excluding hydrogens is 214 g/mol. The molecular formula is C14H23NO2. The Hall–Kier alpha value is -1.22. The monoisotopic (exact) mass is 237 g/mol. The first-order valence-corrected chi connectivity index (χ1v) is 6.01. The molecule has 0 radical (unpaired) electrons. The van der Waals surface area contributed by atoms with E-state index in [2.05, 4.69) is 25.2 Å². The van der Waals surface area contributed by atoms with Gasteiger partial charge < -0.3 is 14.8 Å². The van der Waals surface area contributed by atoms with Crippen molar-refractivity contribution < 1.29 is 9.47 Å². The molecule has 1 N–H and O–H groups in total. The van der Waals surface area contributed by atoms with Gasteiger partial charge in [-0.05, 0) is 51.9 Å². The molecule has 0 aliphatic carbocycles. The summed E-state index contributed by atoms with van der Waals surface area (Å²) in [6.45, 7) is 6.97. The number of hydrogen-bond donors (Lipinski definition) is 1. The number of hydrogen-bond acceptors (Lipinski definition) is 3. The minimum absolute atomic E-state index is 0.0815. The van der Waals surface area contributed by atoms with E-state index in [1.54, 1.807) is 7.11 Å². The van der Waals surface area contributed by atoms with Crippen molar-refractivity contribution in [2.45, 2.75) is 32.7 Å². The summed E-state index contributed by atoms with van der Waals surface area (Å²) in [4.78, 5) is 0. The zero-order chi connectivity index (χ0) is 12.9. The van der Waals surface area contributed by atoms with Crippen LogP contribution in [0, 0.1) is 0 Å². The minimum Gasteiger partial charge on any atom is -0.493 e. The van der Waals surface area contributed by atoms with Gasteiger partial charge >= 0.3 is 0 Å². The number of methoxy groups -OCH3 is 1. The van der Waals surface area contributed by atoms with Crippen LogP contribution in [0.4, 0.5) is 0 Å². The highest BCUT2D eigenvalue weighted by Crippen LogP contribution is 2.29. The van der Waals surface area contributed by atoms with Crippen molar-refractivity contribution in [3.63, 3.8) is 0 Å². The smallest absolute Gasteiger partial charge is 0.161 e. The quantitative estimate of drug-likeness (QED) is 0.825. The molecule has 96 valence electrons. The lowest BCUT2D eigenvalue weighted by Crippen LogP contribution is -2.38. The third-order valence-electron chi connectivity index (χ3n) is 2.85. The predicted octanol–water partition coefficient (Wildman–Crippen LogP) is 2.63. The highest BCUT2D eigenvalue weighted by Gasteiger charge is 2.16. The summed E-state index contributed by atoms with van der Waals surface area (Å²) < 4.78 is 10.8. The second-order valence-corrected chi connectivity index (χ2v) is 4.73. The van der Waals surface area contributed by atoms with Crippen LogP contribution in [0.25, 0.3) is 0 Å². The summed E-state index contributed by atoms with van der Waals surface area (Å²) in [5.41, 5.74) is 1.32. The van der Waals surface area contributed by atoms with Gasteiger partial charge in [0.2, 0.25) is 0 Å². The van der Waals surface area contributed by atoms with Crippen LogP contribution in [0.15, 0.2) is 18.2 Å². The van der Waals surface area contributed by atoms with Gasteiger partial charge in [-0.3, -0.25) is 0 Å². The number of benzene rings is 1. The molecule has 0 heterocycles. The molecule has 0 saturated carbocycles. The highest BCUT2D eigenvalue weighted by atomic mass is 16.5. The van der Waals surface area contributed by atoms with E-state index < -0.39 is 0 Å². The van der Waals surface area contributed by atoms with Gasteiger partial charge in [-0.1, -0.05) is 6.07 Å². The lowest BCUT2D eigenvalue weighted by molar-refractivity contribution is 0.310. The van der Waals surface area contributed by atoms with Crippen molar-refractivity contribution in [1.82, 2.24) is 5.32 Å². The first-order chi connectivity index (χ1) is 8.02. The standard InChI is InChI=1S/C14H23NO2/c1-6-17-12-8-7-11(9-13(12)16-5)10-14(2,3)15-4/h7-9,15H,6,10H2,1-5H3. The third-order valence-corrected chi connectivity index (χ3v) is 2.85. The minimum atomic E-state index is 0.0815. The molecule has 0 fully saturated rings. The van der Waals surface area contributed by atoms with Crippen LogP contribution < -0.4 is 14.8 Å². The lowest BCUT2D eigenvalue weighted by atomic mass is 9.95. The van der Waals surface area contributed by atoms with E-state index in [1.165, 1.54) is 5.56 Å². The molecule has 0 unspecified atom stereocenters. The Bertz CT molecular complexity index is 361. The van der Waals surface area contributed by atoms with E-state index in [0.29, 0.717) is 6.61 Å². The SMILES string of the molecule is CCOc1ccc(CC(C)(C)NC)cc1OC. The van der Waals surface area contributed by atoms with E-state index in [1.807, 2.05) is 26.1 Å². The topological polar surface area (TPSA) is 30.5 Å². The predicted molar refractivity (Wildman–Crippen MR) is 71.0 cm³/mol. The maximum absolute atomic E-state index is 5.50. The van der Waals surface area contributed by atoms with E-state index >= 15 is 0 Å². The zero-order valence-electron chi connectivity index (χ0n) is 11.5. The molecule has 3 heteroatoms. The molecule has 0 atom stereocenters. The number of nitrogens with one attached hydrogen (secondary N) is 1. The van der Waals surface area contributed by atoms with Gasteiger partial charge in [-0.15, -0.1) is 0 Å². The molecule has 1 rings (SSSR count). The molecule has 0 aliphatic heterocycles. The zero-order valence-corrected chi connectivity index (χ0v) is 11.5. The molecule has 0 amide bonds. The van der Waals surface area contributed by atoms with Crippen molar-refractivity contribution >= 4 is 0 Å².